The SMILES string of the molecule is Cc1ccc(C2CSCCN2Cc2cccc(C#N)c2)cc1. The van der Waals surface area contributed by atoms with Gasteiger partial charge in [-0.05, 0) is 30.2 Å². The minimum absolute atomic E-state index is 0.463. The highest BCUT2D eigenvalue weighted by molar-refractivity contribution is 7.99. The molecule has 2 aromatic carbocycles. The number of aryl methyl sites for hydroxylation is 1. The third-order valence-corrected chi connectivity index (χ3v) is 5.17. The van der Waals surface area contributed by atoms with Crippen molar-refractivity contribution in [2.24, 2.45) is 0 Å². The lowest BCUT2D eigenvalue weighted by molar-refractivity contribution is 0.212. The Hall–Kier alpha value is -1.76. The molecule has 1 fully saturated rings. The smallest absolute Gasteiger partial charge is 0.0991 e. The van der Waals surface area contributed by atoms with Crippen molar-refractivity contribution in [2.75, 3.05) is 18.1 Å². The highest BCUT2D eigenvalue weighted by Crippen LogP contribution is 2.31. The molecule has 1 atom stereocenters. The zero-order chi connectivity index (χ0) is 15.4. The average Bonchev–Trinajstić information content (AvgIpc) is 2.56. The molecular formula is C19H20N2S. The van der Waals surface area contributed by atoms with Gasteiger partial charge in [-0.2, -0.15) is 17.0 Å². The first kappa shape index (κ1) is 15.1. The van der Waals surface area contributed by atoms with E-state index in [9.17, 15) is 0 Å². The number of thioether (sulfide) groups is 1. The minimum Gasteiger partial charge on any atom is -0.290 e. The van der Waals surface area contributed by atoms with Gasteiger partial charge in [0.1, 0.15) is 0 Å². The van der Waals surface area contributed by atoms with Gasteiger partial charge in [0.05, 0.1) is 11.6 Å². The van der Waals surface area contributed by atoms with Crippen LogP contribution in [0, 0.1) is 18.3 Å². The second kappa shape index (κ2) is 7.00. The monoisotopic (exact) mass is 308 g/mol. The third kappa shape index (κ3) is 3.52. The molecule has 2 nitrogen and oxygen atoms in total. The van der Waals surface area contributed by atoms with Crippen LogP contribution in [0.2, 0.25) is 0 Å². The Labute approximate surface area is 136 Å². The Morgan fingerprint density at radius 2 is 2.05 bits per heavy atom. The maximum atomic E-state index is 9.06. The van der Waals surface area contributed by atoms with Gasteiger partial charge in [-0.25, -0.2) is 0 Å². The first-order valence-electron chi connectivity index (χ1n) is 7.63. The summed E-state index contributed by atoms with van der Waals surface area (Å²) >= 11 is 2.03. The topological polar surface area (TPSA) is 27.0 Å². The fraction of sp³-hybridized carbons (Fsp3) is 0.316. The highest BCUT2D eigenvalue weighted by atomic mass is 32.2. The molecule has 1 unspecified atom stereocenters. The maximum Gasteiger partial charge on any atom is 0.0991 e. The fourth-order valence-corrected chi connectivity index (χ4v) is 4.05. The second-order valence-electron chi connectivity index (χ2n) is 5.78. The van der Waals surface area contributed by atoms with Crippen LogP contribution in [-0.2, 0) is 6.54 Å². The molecule has 1 saturated heterocycles. The molecule has 0 radical (unpaired) electrons. The lowest BCUT2D eigenvalue weighted by atomic mass is 10.0. The molecule has 0 amide bonds. The van der Waals surface area contributed by atoms with Crippen molar-refractivity contribution in [3.63, 3.8) is 0 Å². The van der Waals surface area contributed by atoms with Crippen LogP contribution in [0.5, 0.6) is 0 Å². The Kier molecular flexibility index (Phi) is 4.82. The molecular weight excluding hydrogens is 288 g/mol. The normalized spacial score (nSPS) is 18.8. The predicted molar refractivity (Wildman–Crippen MR) is 92.8 cm³/mol. The van der Waals surface area contributed by atoms with E-state index in [1.807, 2.05) is 30.0 Å². The predicted octanol–water partition coefficient (Wildman–Crippen LogP) is 4.16. The first-order valence-corrected chi connectivity index (χ1v) is 8.79. The van der Waals surface area contributed by atoms with E-state index in [1.54, 1.807) is 0 Å². The number of nitriles is 1. The maximum absolute atomic E-state index is 9.06. The molecule has 112 valence electrons. The van der Waals surface area contributed by atoms with Gasteiger partial charge in [0.2, 0.25) is 0 Å². The summed E-state index contributed by atoms with van der Waals surface area (Å²) in [6.45, 7) is 4.14. The van der Waals surface area contributed by atoms with E-state index < -0.39 is 0 Å². The van der Waals surface area contributed by atoms with Crippen LogP contribution in [0.25, 0.3) is 0 Å². The van der Waals surface area contributed by atoms with Crippen LogP contribution < -0.4 is 0 Å². The third-order valence-electron chi connectivity index (χ3n) is 4.14. The number of hydrogen-bond donors (Lipinski definition) is 0. The quantitative estimate of drug-likeness (QED) is 0.852. The molecule has 0 bridgehead atoms. The van der Waals surface area contributed by atoms with Crippen LogP contribution in [0.4, 0.5) is 0 Å². The molecule has 22 heavy (non-hydrogen) atoms. The minimum atomic E-state index is 0.463. The van der Waals surface area contributed by atoms with Gasteiger partial charge in [-0.3, -0.25) is 4.90 Å². The zero-order valence-electron chi connectivity index (χ0n) is 12.8. The number of benzene rings is 2. The van der Waals surface area contributed by atoms with Crippen LogP contribution in [0.15, 0.2) is 48.5 Å². The van der Waals surface area contributed by atoms with E-state index in [4.69, 9.17) is 5.26 Å². The number of nitrogens with zero attached hydrogens (tertiary/aromatic N) is 2. The second-order valence-corrected chi connectivity index (χ2v) is 6.93. The lowest BCUT2D eigenvalue weighted by Gasteiger charge is -2.35. The molecule has 0 spiro atoms. The van der Waals surface area contributed by atoms with Crippen molar-refractivity contribution < 1.29 is 0 Å². The Bertz CT molecular complexity index is 673. The van der Waals surface area contributed by atoms with E-state index in [1.165, 1.54) is 22.4 Å². The average molecular weight is 308 g/mol. The number of hydrogen-bond acceptors (Lipinski definition) is 3. The molecule has 1 aliphatic rings. The summed E-state index contributed by atoms with van der Waals surface area (Å²) in [5.41, 5.74) is 4.67. The molecule has 3 rings (SSSR count). The van der Waals surface area contributed by atoms with Crippen molar-refractivity contribution in [1.82, 2.24) is 4.90 Å². The van der Waals surface area contributed by atoms with Crippen molar-refractivity contribution >= 4 is 11.8 Å². The first-order chi connectivity index (χ1) is 10.8. The summed E-state index contributed by atoms with van der Waals surface area (Å²) in [5, 5.41) is 9.06. The summed E-state index contributed by atoms with van der Waals surface area (Å²) in [6, 6.07) is 19.6. The van der Waals surface area contributed by atoms with E-state index in [0.29, 0.717) is 6.04 Å². The van der Waals surface area contributed by atoms with E-state index in [-0.39, 0.29) is 0 Å². The van der Waals surface area contributed by atoms with Crippen LogP contribution >= 0.6 is 11.8 Å². The van der Waals surface area contributed by atoms with Crippen molar-refractivity contribution in [3.8, 4) is 6.07 Å². The van der Waals surface area contributed by atoms with E-state index in [2.05, 4.69) is 48.2 Å². The lowest BCUT2D eigenvalue weighted by Crippen LogP contribution is -2.35. The van der Waals surface area contributed by atoms with Gasteiger partial charge < -0.3 is 0 Å². The van der Waals surface area contributed by atoms with Gasteiger partial charge in [0.15, 0.2) is 0 Å². The summed E-state index contributed by atoms with van der Waals surface area (Å²) < 4.78 is 0. The van der Waals surface area contributed by atoms with Gasteiger partial charge in [-0.15, -0.1) is 0 Å². The summed E-state index contributed by atoms with van der Waals surface area (Å²) in [7, 11) is 0. The number of rotatable bonds is 3. The molecule has 1 aliphatic heterocycles. The summed E-state index contributed by atoms with van der Waals surface area (Å²) in [4.78, 5) is 2.54. The van der Waals surface area contributed by atoms with Crippen molar-refractivity contribution in [1.29, 1.82) is 5.26 Å². The van der Waals surface area contributed by atoms with E-state index in [0.717, 1.165) is 24.4 Å². The zero-order valence-corrected chi connectivity index (χ0v) is 13.6. The largest absolute Gasteiger partial charge is 0.290 e. The van der Waals surface area contributed by atoms with Gasteiger partial charge in [0, 0.05) is 30.6 Å². The Morgan fingerprint density at radius 3 is 2.82 bits per heavy atom. The van der Waals surface area contributed by atoms with Gasteiger partial charge in [-0.1, -0.05) is 42.0 Å². The Morgan fingerprint density at radius 1 is 1.23 bits per heavy atom. The van der Waals surface area contributed by atoms with E-state index >= 15 is 0 Å². The van der Waals surface area contributed by atoms with Gasteiger partial charge in [0.25, 0.3) is 0 Å². The van der Waals surface area contributed by atoms with Crippen molar-refractivity contribution in [3.05, 3.63) is 70.8 Å². The molecule has 0 N–H and O–H groups in total. The summed E-state index contributed by atoms with van der Waals surface area (Å²) in [5.74, 6) is 2.32. The fourth-order valence-electron chi connectivity index (χ4n) is 2.90. The molecule has 2 aromatic rings. The van der Waals surface area contributed by atoms with Crippen molar-refractivity contribution in [2.45, 2.75) is 19.5 Å². The van der Waals surface area contributed by atoms with Crippen LogP contribution in [0.1, 0.15) is 28.3 Å². The Balaban J connectivity index is 1.80. The molecule has 0 aliphatic carbocycles. The van der Waals surface area contributed by atoms with Crippen LogP contribution in [-0.4, -0.2) is 23.0 Å². The molecule has 3 heteroatoms. The highest BCUT2D eigenvalue weighted by Gasteiger charge is 2.24. The molecule has 0 aromatic heterocycles. The standard InChI is InChI=1S/C19H20N2S/c1-15-5-7-18(8-6-15)19-14-22-10-9-21(19)13-17-4-2-3-16(11-17)12-20/h2-8,11,19H,9-10,13-14H2,1H3. The summed E-state index contributed by atoms with van der Waals surface area (Å²) in [6.07, 6.45) is 0. The molecule has 0 saturated carbocycles. The van der Waals surface area contributed by atoms with Gasteiger partial charge >= 0.3 is 0 Å². The van der Waals surface area contributed by atoms with Crippen LogP contribution in [0.3, 0.4) is 0 Å². The molecule has 1 heterocycles.